The van der Waals surface area contributed by atoms with Gasteiger partial charge in [0.15, 0.2) is 0 Å². The average Bonchev–Trinajstić information content (AvgIpc) is 2.37. The summed E-state index contributed by atoms with van der Waals surface area (Å²) in [6, 6.07) is 2.98. The highest BCUT2D eigenvalue weighted by Gasteiger charge is 2.04. The van der Waals surface area contributed by atoms with E-state index in [0.717, 1.165) is 11.6 Å². The van der Waals surface area contributed by atoms with Gasteiger partial charge < -0.3 is 10.4 Å². The first kappa shape index (κ1) is 14.4. The van der Waals surface area contributed by atoms with Crippen LogP contribution in [-0.4, -0.2) is 34.5 Å². The van der Waals surface area contributed by atoms with Gasteiger partial charge in [-0.1, -0.05) is 6.07 Å². The molecule has 0 bridgehead atoms. The van der Waals surface area contributed by atoms with E-state index in [9.17, 15) is 14.4 Å². The second-order valence-electron chi connectivity index (χ2n) is 3.53. The first-order valence-corrected chi connectivity index (χ1v) is 5.46. The summed E-state index contributed by atoms with van der Waals surface area (Å²) in [5.74, 6) is -2.05. The van der Waals surface area contributed by atoms with Crippen molar-refractivity contribution in [3.05, 3.63) is 42.2 Å². The van der Waals surface area contributed by atoms with Crippen LogP contribution in [0.5, 0.6) is 0 Å². The molecule has 1 aromatic heterocycles. The zero-order valence-electron chi connectivity index (χ0n) is 10.00. The number of pyridine rings is 1. The van der Waals surface area contributed by atoms with Gasteiger partial charge in [0, 0.05) is 31.1 Å². The molecular formula is C12H13N3O4. The van der Waals surface area contributed by atoms with E-state index in [2.05, 4.69) is 10.3 Å². The van der Waals surface area contributed by atoms with Crippen LogP contribution in [0.2, 0.25) is 0 Å². The van der Waals surface area contributed by atoms with Crippen molar-refractivity contribution in [1.29, 1.82) is 0 Å². The standard InChI is InChI=1S/C12H13N3O4/c16-10(3-4-11(17)18)15-12(19)14-7-5-9-2-1-6-13-8-9/h1-4,6,8H,5,7H2,(H,17,18)(H2,14,15,16,19)/b4-3+. The number of urea groups is 1. The molecular weight excluding hydrogens is 250 g/mol. The summed E-state index contributed by atoms with van der Waals surface area (Å²) in [5.41, 5.74) is 0.958. The van der Waals surface area contributed by atoms with Crippen LogP contribution in [0.25, 0.3) is 0 Å². The lowest BCUT2D eigenvalue weighted by molar-refractivity contribution is -0.131. The fraction of sp³-hybridized carbons (Fsp3) is 0.167. The summed E-state index contributed by atoms with van der Waals surface area (Å²) in [6.45, 7) is 0.341. The zero-order valence-corrected chi connectivity index (χ0v) is 10.00. The molecule has 1 aromatic rings. The second kappa shape index (κ2) is 7.59. The van der Waals surface area contributed by atoms with Crippen LogP contribution >= 0.6 is 0 Å². The number of amides is 3. The van der Waals surface area contributed by atoms with Crippen molar-refractivity contribution in [1.82, 2.24) is 15.6 Å². The van der Waals surface area contributed by atoms with Gasteiger partial charge in [-0.05, 0) is 18.1 Å². The number of carbonyl (C=O) groups excluding carboxylic acids is 2. The number of aromatic nitrogens is 1. The van der Waals surface area contributed by atoms with Crippen molar-refractivity contribution < 1.29 is 19.5 Å². The Morgan fingerprint density at radius 1 is 1.32 bits per heavy atom. The largest absolute Gasteiger partial charge is 0.478 e. The molecule has 7 heteroatoms. The molecule has 0 saturated carbocycles. The molecule has 0 radical (unpaired) electrons. The summed E-state index contributed by atoms with van der Waals surface area (Å²) >= 11 is 0. The number of aliphatic carboxylic acids is 1. The van der Waals surface area contributed by atoms with E-state index in [1.165, 1.54) is 0 Å². The molecule has 3 amide bonds. The Labute approximate surface area is 109 Å². The summed E-state index contributed by atoms with van der Waals surface area (Å²) in [7, 11) is 0. The van der Waals surface area contributed by atoms with E-state index >= 15 is 0 Å². The molecule has 0 saturated heterocycles. The quantitative estimate of drug-likeness (QED) is 0.652. The SMILES string of the molecule is O=C(O)/C=C/C(=O)NC(=O)NCCc1cccnc1. The maximum atomic E-state index is 11.2. The molecule has 7 nitrogen and oxygen atoms in total. The summed E-state index contributed by atoms with van der Waals surface area (Å²) < 4.78 is 0. The van der Waals surface area contributed by atoms with Crippen molar-refractivity contribution in [2.24, 2.45) is 0 Å². The molecule has 1 heterocycles. The maximum absolute atomic E-state index is 11.2. The van der Waals surface area contributed by atoms with E-state index in [1.54, 1.807) is 18.5 Å². The van der Waals surface area contributed by atoms with Crippen LogP contribution in [0, 0.1) is 0 Å². The molecule has 100 valence electrons. The molecule has 0 aliphatic heterocycles. The highest BCUT2D eigenvalue weighted by Crippen LogP contribution is 1.95. The first-order chi connectivity index (χ1) is 9.08. The van der Waals surface area contributed by atoms with Crippen molar-refractivity contribution in [3.63, 3.8) is 0 Å². The smallest absolute Gasteiger partial charge is 0.328 e. The number of carboxylic acids is 1. The Kier molecular flexibility index (Phi) is 5.74. The molecule has 0 aliphatic carbocycles. The molecule has 0 aliphatic rings. The third-order valence-electron chi connectivity index (χ3n) is 2.04. The molecule has 0 unspecified atom stereocenters. The van der Waals surface area contributed by atoms with E-state index in [4.69, 9.17) is 5.11 Å². The van der Waals surface area contributed by atoms with Crippen LogP contribution in [-0.2, 0) is 16.0 Å². The summed E-state index contributed by atoms with van der Waals surface area (Å²) in [5, 5.41) is 12.7. The Hall–Kier alpha value is -2.70. The van der Waals surface area contributed by atoms with E-state index < -0.39 is 17.9 Å². The third kappa shape index (κ3) is 6.57. The zero-order chi connectivity index (χ0) is 14.1. The van der Waals surface area contributed by atoms with Crippen LogP contribution in [0.4, 0.5) is 4.79 Å². The Balaban J connectivity index is 2.25. The lowest BCUT2D eigenvalue weighted by Gasteiger charge is -2.04. The minimum Gasteiger partial charge on any atom is -0.478 e. The van der Waals surface area contributed by atoms with Gasteiger partial charge in [0.2, 0.25) is 0 Å². The minimum absolute atomic E-state index is 0.341. The lowest BCUT2D eigenvalue weighted by Crippen LogP contribution is -2.39. The van der Waals surface area contributed by atoms with Gasteiger partial charge in [-0.3, -0.25) is 15.1 Å². The van der Waals surface area contributed by atoms with Gasteiger partial charge in [-0.15, -0.1) is 0 Å². The number of rotatable bonds is 5. The maximum Gasteiger partial charge on any atom is 0.328 e. The van der Waals surface area contributed by atoms with Gasteiger partial charge in [-0.2, -0.15) is 0 Å². The van der Waals surface area contributed by atoms with Crippen molar-refractivity contribution >= 4 is 17.9 Å². The molecule has 19 heavy (non-hydrogen) atoms. The van der Waals surface area contributed by atoms with E-state index in [0.29, 0.717) is 19.0 Å². The molecule has 0 fully saturated rings. The topological polar surface area (TPSA) is 108 Å². The highest BCUT2D eigenvalue weighted by molar-refractivity contribution is 6.02. The number of carbonyl (C=O) groups is 3. The fourth-order valence-electron chi connectivity index (χ4n) is 1.21. The lowest BCUT2D eigenvalue weighted by atomic mass is 10.2. The number of hydrogen-bond donors (Lipinski definition) is 3. The summed E-state index contributed by atoms with van der Waals surface area (Å²) in [4.78, 5) is 36.4. The fourth-order valence-corrected chi connectivity index (χ4v) is 1.21. The predicted octanol–water partition coefficient (Wildman–Crippen LogP) is 0.0907. The van der Waals surface area contributed by atoms with E-state index in [-0.39, 0.29) is 0 Å². The van der Waals surface area contributed by atoms with Crippen molar-refractivity contribution in [2.45, 2.75) is 6.42 Å². The molecule has 3 N–H and O–H groups in total. The third-order valence-corrected chi connectivity index (χ3v) is 2.04. The second-order valence-corrected chi connectivity index (χ2v) is 3.53. The number of carboxylic acid groups (broad SMARTS) is 1. The normalized spacial score (nSPS) is 10.1. The van der Waals surface area contributed by atoms with Crippen molar-refractivity contribution in [2.75, 3.05) is 6.54 Å². The van der Waals surface area contributed by atoms with E-state index in [1.807, 2.05) is 11.4 Å². The number of hydrogen-bond acceptors (Lipinski definition) is 4. The van der Waals surface area contributed by atoms with Gasteiger partial charge >= 0.3 is 12.0 Å². The van der Waals surface area contributed by atoms with Gasteiger partial charge in [0.1, 0.15) is 0 Å². The molecule has 0 spiro atoms. The van der Waals surface area contributed by atoms with Crippen LogP contribution in [0.15, 0.2) is 36.7 Å². The summed E-state index contributed by atoms with van der Waals surface area (Å²) in [6.07, 6.45) is 5.33. The number of nitrogens with one attached hydrogen (secondary N) is 2. The van der Waals surface area contributed by atoms with Crippen molar-refractivity contribution in [3.8, 4) is 0 Å². The molecule has 0 atom stereocenters. The molecule has 0 aromatic carbocycles. The van der Waals surface area contributed by atoms with Gasteiger partial charge in [0.25, 0.3) is 5.91 Å². The van der Waals surface area contributed by atoms with Gasteiger partial charge in [0.05, 0.1) is 0 Å². The Bertz CT molecular complexity index is 485. The van der Waals surface area contributed by atoms with Crippen LogP contribution in [0.1, 0.15) is 5.56 Å². The average molecular weight is 263 g/mol. The Morgan fingerprint density at radius 2 is 2.11 bits per heavy atom. The molecule has 1 rings (SSSR count). The van der Waals surface area contributed by atoms with Crippen LogP contribution < -0.4 is 10.6 Å². The first-order valence-electron chi connectivity index (χ1n) is 5.46. The Morgan fingerprint density at radius 3 is 2.74 bits per heavy atom. The number of nitrogens with zero attached hydrogens (tertiary/aromatic N) is 1. The van der Waals surface area contributed by atoms with Gasteiger partial charge in [-0.25, -0.2) is 9.59 Å². The monoisotopic (exact) mass is 263 g/mol. The van der Waals surface area contributed by atoms with Crippen LogP contribution in [0.3, 0.4) is 0 Å². The number of imide groups is 1. The minimum atomic E-state index is -1.26. The predicted molar refractivity (Wildman–Crippen MR) is 66.3 cm³/mol. The highest BCUT2D eigenvalue weighted by atomic mass is 16.4.